The van der Waals surface area contributed by atoms with Crippen LogP contribution in [0.3, 0.4) is 0 Å². The molecule has 0 heterocycles. The third kappa shape index (κ3) is 34.2. The summed E-state index contributed by atoms with van der Waals surface area (Å²) in [7, 11) is 1.46. The Labute approximate surface area is 288 Å². The van der Waals surface area contributed by atoms with Gasteiger partial charge >= 0.3 is 19.8 Å². The van der Waals surface area contributed by atoms with Crippen LogP contribution < -0.4 is 0 Å². The third-order valence-corrected chi connectivity index (χ3v) is 8.72. The highest BCUT2D eigenvalue weighted by Gasteiger charge is 2.27. The summed E-state index contributed by atoms with van der Waals surface area (Å²) >= 11 is 0. The Hall–Kier alpha value is -1.51. The zero-order valence-electron chi connectivity index (χ0n) is 30.8. The van der Waals surface area contributed by atoms with Crippen molar-refractivity contribution in [1.29, 1.82) is 0 Å². The van der Waals surface area contributed by atoms with Crippen LogP contribution in [0.5, 0.6) is 0 Å². The summed E-state index contributed by atoms with van der Waals surface area (Å²) in [6.45, 7) is 4.32. The number of hydrogen-bond acceptors (Lipinski definition) is 7. The van der Waals surface area contributed by atoms with Crippen molar-refractivity contribution in [2.24, 2.45) is 0 Å². The molecule has 0 aliphatic heterocycles. The number of ether oxygens (including phenoxy) is 2. The van der Waals surface area contributed by atoms with Crippen LogP contribution in [0.15, 0.2) is 24.3 Å². The lowest BCUT2D eigenvalue weighted by Gasteiger charge is -2.24. The van der Waals surface area contributed by atoms with E-state index in [1.807, 2.05) is 21.1 Å². The number of phosphoric ester groups is 1. The summed E-state index contributed by atoms with van der Waals surface area (Å²) in [5.74, 6) is -0.820. The molecule has 2 atom stereocenters. The van der Waals surface area contributed by atoms with Gasteiger partial charge in [-0.3, -0.25) is 18.6 Å². The van der Waals surface area contributed by atoms with Gasteiger partial charge in [0.1, 0.15) is 19.8 Å². The van der Waals surface area contributed by atoms with Gasteiger partial charge in [-0.25, -0.2) is 4.57 Å². The molecule has 0 aromatic heterocycles. The molecule has 0 saturated carbocycles. The number of carbonyl (C=O) groups excluding carboxylic acids is 2. The summed E-state index contributed by atoms with van der Waals surface area (Å²) in [6.07, 6.45) is 29.5. The molecule has 0 radical (unpaired) electrons. The van der Waals surface area contributed by atoms with Crippen LogP contribution in [0.2, 0.25) is 0 Å². The van der Waals surface area contributed by atoms with Gasteiger partial charge in [0.05, 0.1) is 27.7 Å². The number of carbonyl (C=O) groups is 2. The predicted molar refractivity (Wildman–Crippen MR) is 192 cm³/mol. The number of esters is 2. The van der Waals surface area contributed by atoms with E-state index in [4.69, 9.17) is 18.5 Å². The van der Waals surface area contributed by atoms with Crippen molar-refractivity contribution in [3.63, 3.8) is 0 Å². The second kappa shape index (κ2) is 30.5. The lowest BCUT2D eigenvalue weighted by atomic mass is 10.1. The second-order valence-corrected chi connectivity index (χ2v) is 15.1. The molecular weight excluding hydrogens is 617 g/mol. The van der Waals surface area contributed by atoms with Crippen LogP contribution in [0, 0.1) is 0 Å². The quantitative estimate of drug-likeness (QED) is 0.0239. The maximum absolute atomic E-state index is 12.6. The molecule has 0 aromatic rings. The standard InChI is InChI=1S/C37H70NO8P/c1-6-8-10-12-14-16-17-18-19-20-21-22-24-26-28-30-37(40)46-35(34-45-47(41,42)44-32-31-38(3,4)5)33-43-36(39)29-27-25-23-15-13-11-9-7-2/h14,16,18-19,35H,6-13,15,17,20-34H2,1-5H3/p+1/b16-14-,19-18-/t35-/m1/s1. The van der Waals surface area contributed by atoms with Crippen molar-refractivity contribution < 1.29 is 42.1 Å². The summed E-state index contributed by atoms with van der Waals surface area (Å²) < 4.78 is 34.0. The lowest BCUT2D eigenvalue weighted by molar-refractivity contribution is -0.870. The molecule has 0 saturated heterocycles. The highest BCUT2D eigenvalue weighted by molar-refractivity contribution is 7.47. The van der Waals surface area contributed by atoms with Crippen molar-refractivity contribution in [3.05, 3.63) is 24.3 Å². The first-order chi connectivity index (χ1) is 22.5. The van der Waals surface area contributed by atoms with Crippen LogP contribution in [0.25, 0.3) is 0 Å². The number of rotatable bonds is 33. The molecule has 0 rings (SSSR count). The van der Waals surface area contributed by atoms with Gasteiger partial charge in [-0.2, -0.15) is 0 Å². The van der Waals surface area contributed by atoms with Gasteiger partial charge in [0.2, 0.25) is 0 Å². The number of hydrogen-bond donors (Lipinski definition) is 1. The van der Waals surface area contributed by atoms with Gasteiger partial charge < -0.3 is 18.9 Å². The van der Waals surface area contributed by atoms with Gasteiger partial charge in [-0.1, -0.05) is 115 Å². The molecular formula is C37H71NO8P+. The SMILES string of the molecule is CCCCC/C=C\C/C=C\CCCCCCCC(=O)O[C@H](COC(=O)CCCCCCCCCC)COP(=O)(O)OCC[N+](C)(C)C. The molecule has 0 spiro atoms. The molecule has 0 aromatic carbocycles. The van der Waals surface area contributed by atoms with Gasteiger partial charge in [0.25, 0.3) is 0 Å². The van der Waals surface area contributed by atoms with Gasteiger partial charge in [0, 0.05) is 12.8 Å². The number of quaternary nitrogens is 1. The molecule has 0 bridgehead atoms. The van der Waals surface area contributed by atoms with E-state index in [2.05, 4.69) is 38.2 Å². The highest BCUT2D eigenvalue weighted by Crippen LogP contribution is 2.43. The monoisotopic (exact) mass is 688 g/mol. The Morgan fingerprint density at radius 1 is 0.660 bits per heavy atom. The van der Waals surface area contributed by atoms with Crippen LogP contribution in [0.4, 0.5) is 0 Å². The summed E-state index contributed by atoms with van der Waals surface area (Å²) in [4.78, 5) is 35.0. The number of unbranched alkanes of at least 4 members (excludes halogenated alkanes) is 15. The van der Waals surface area contributed by atoms with Crippen molar-refractivity contribution >= 4 is 19.8 Å². The van der Waals surface area contributed by atoms with Gasteiger partial charge in [-0.05, 0) is 44.9 Å². The van der Waals surface area contributed by atoms with Crippen molar-refractivity contribution in [1.82, 2.24) is 0 Å². The van der Waals surface area contributed by atoms with Gasteiger partial charge in [0.15, 0.2) is 6.10 Å². The topological polar surface area (TPSA) is 108 Å². The molecule has 47 heavy (non-hydrogen) atoms. The fraction of sp³-hybridized carbons (Fsp3) is 0.838. The van der Waals surface area contributed by atoms with Crippen molar-refractivity contribution in [2.45, 2.75) is 155 Å². The largest absolute Gasteiger partial charge is 0.472 e. The molecule has 0 amide bonds. The normalized spacial score (nSPS) is 14.1. The summed E-state index contributed by atoms with van der Waals surface area (Å²) in [5.41, 5.74) is 0. The average Bonchev–Trinajstić information content (AvgIpc) is 3.01. The third-order valence-electron chi connectivity index (χ3n) is 7.73. The number of phosphoric acid groups is 1. The minimum atomic E-state index is -4.36. The lowest BCUT2D eigenvalue weighted by Crippen LogP contribution is -2.37. The van der Waals surface area contributed by atoms with E-state index < -0.39 is 26.5 Å². The van der Waals surface area contributed by atoms with E-state index in [-0.39, 0.29) is 32.0 Å². The zero-order valence-corrected chi connectivity index (χ0v) is 31.7. The first kappa shape index (κ1) is 45.5. The smallest absolute Gasteiger partial charge is 0.462 e. The maximum atomic E-state index is 12.6. The van der Waals surface area contributed by atoms with E-state index in [0.717, 1.165) is 57.8 Å². The van der Waals surface area contributed by atoms with Crippen LogP contribution in [-0.4, -0.2) is 74.9 Å². The minimum Gasteiger partial charge on any atom is -0.462 e. The number of nitrogens with zero attached hydrogens (tertiary/aromatic N) is 1. The second-order valence-electron chi connectivity index (χ2n) is 13.6. The first-order valence-electron chi connectivity index (χ1n) is 18.6. The molecule has 0 aliphatic rings. The first-order valence-corrected chi connectivity index (χ1v) is 20.1. The van der Waals surface area contributed by atoms with Crippen LogP contribution >= 0.6 is 7.82 Å². The molecule has 9 nitrogen and oxygen atoms in total. The maximum Gasteiger partial charge on any atom is 0.472 e. The Kier molecular flexibility index (Phi) is 29.6. The fourth-order valence-electron chi connectivity index (χ4n) is 4.75. The zero-order chi connectivity index (χ0) is 35.1. The Balaban J connectivity index is 4.46. The van der Waals surface area contributed by atoms with Crippen LogP contribution in [-0.2, 0) is 32.7 Å². The Morgan fingerprint density at radius 2 is 1.15 bits per heavy atom. The Morgan fingerprint density at radius 3 is 1.72 bits per heavy atom. The summed E-state index contributed by atoms with van der Waals surface area (Å²) in [6, 6.07) is 0. The minimum absolute atomic E-state index is 0.0299. The van der Waals surface area contributed by atoms with Crippen LogP contribution in [0.1, 0.15) is 149 Å². The van der Waals surface area contributed by atoms with Gasteiger partial charge in [-0.15, -0.1) is 0 Å². The predicted octanol–water partition coefficient (Wildman–Crippen LogP) is 9.63. The van der Waals surface area contributed by atoms with Crippen molar-refractivity contribution in [3.8, 4) is 0 Å². The summed E-state index contributed by atoms with van der Waals surface area (Å²) in [5, 5.41) is 0. The average molecular weight is 689 g/mol. The Bertz CT molecular complexity index is 871. The highest BCUT2D eigenvalue weighted by atomic mass is 31.2. The van der Waals surface area contributed by atoms with E-state index in [1.165, 1.54) is 57.8 Å². The molecule has 10 heteroatoms. The molecule has 1 unspecified atom stereocenters. The molecule has 0 aliphatic carbocycles. The molecule has 276 valence electrons. The number of allylic oxidation sites excluding steroid dienone is 4. The van der Waals surface area contributed by atoms with E-state index >= 15 is 0 Å². The molecule has 0 fully saturated rings. The molecule has 1 N–H and O–H groups in total. The van der Waals surface area contributed by atoms with E-state index in [0.29, 0.717) is 17.4 Å². The fourth-order valence-corrected chi connectivity index (χ4v) is 5.49. The van der Waals surface area contributed by atoms with E-state index in [1.54, 1.807) is 0 Å². The number of likely N-dealkylation sites (N-methyl/N-ethyl adjacent to an activating group) is 1. The van der Waals surface area contributed by atoms with Crippen molar-refractivity contribution in [2.75, 3.05) is 47.5 Å². The van der Waals surface area contributed by atoms with E-state index in [9.17, 15) is 19.0 Å².